The number of hydrogen-bond donors (Lipinski definition) is 5. The zero-order chi connectivity index (χ0) is 35.2. The van der Waals surface area contributed by atoms with Crippen LogP contribution < -0.4 is 15.8 Å². The van der Waals surface area contributed by atoms with Gasteiger partial charge in [0, 0.05) is 58.6 Å². The minimum absolute atomic E-state index is 0.0305. The minimum Gasteiger partial charge on any atom is -0.507 e. The minimum atomic E-state index is -0.655. The number of phenolic OH excluding ortho intramolecular Hbond substituents is 2. The molecule has 5 N–H and O–H groups in total. The number of carbonyl (C=O) groups is 1. The number of aromatic hydroxyl groups is 2. The molecule has 2 aliphatic heterocycles. The summed E-state index contributed by atoms with van der Waals surface area (Å²) in [6.07, 6.45) is -0.655. The maximum absolute atomic E-state index is 14.3. The van der Waals surface area contributed by atoms with Crippen molar-refractivity contribution < 1.29 is 44.3 Å². The topological polar surface area (TPSA) is 185 Å². The standard InChI is InChI=1S/C36H18N4O10S2/c41-25-11-19-28-18(35(43)40-24-10-14(52-50-48-46)2-8-22(24)38-34(19)40)6-4-16-30-26(42)12-20-27-17(5-3-15(31(27)30)29(25)32(16)28)33-37-21-7-1-13(51-49-47-45)9-23(21)39(33)36(20)44/h1-12,34,38,41-42,45-46H. The van der Waals surface area contributed by atoms with Crippen LogP contribution in [0.3, 0.4) is 0 Å². The molecule has 0 fully saturated rings. The van der Waals surface area contributed by atoms with Crippen molar-refractivity contribution in [3.05, 3.63) is 94.3 Å². The van der Waals surface area contributed by atoms with Gasteiger partial charge in [0.2, 0.25) is 0 Å². The van der Waals surface area contributed by atoms with E-state index in [1.165, 1.54) is 10.5 Å². The third-order valence-electron chi connectivity index (χ3n) is 10.2. The molecule has 11 rings (SSSR count). The molecular formula is C36H18N4O10S2. The first-order valence-electron chi connectivity index (χ1n) is 15.6. The number of amides is 1. The Balaban J connectivity index is 1.20. The van der Waals surface area contributed by atoms with Crippen molar-refractivity contribution in [2.45, 2.75) is 16.0 Å². The van der Waals surface area contributed by atoms with E-state index in [2.05, 4.69) is 24.1 Å². The molecule has 2 aliphatic rings. The summed E-state index contributed by atoms with van der Waals surface area (Å²) < 4.78 is 10.7. The van der Waals surface area contributed by atoms with E-state index >= 15 is 0 Å². The molecule has 1 unspecified atom stereocenters. The summed E-state index contributed by atoms with van der Waals surface area (Å²) in [4.78, 5) is 36.2. The van der Waals surface area contributed by atoms with E-state index in [0.717, 1.165) is 24.1 Å². The number of nitrogens with zero attached hydrogens (tertiary/aromatic N) is 3. The van der Waals surface area contributed by atoms with E-state index in [0.29, 0.717) is 97.4 Å². The second-order valence-electron chi connectivity index (χ2n) is 12.6. The number of anilines is 2. The van der Waals surface area contributed by atoms with E-state index in [-0.39, 0.29) is 22.8 Å². The SMILES string of the molecule is O=C1c2ccc3c4c(O)cc5c(=O)n6c7cc(SOOO)ccc7nc6c6ccc(c7c(O)cc(c2c37)C2Nc3ccc(SOOO)cc3N12)c4c56. The van der Waals surface area contributed by atoms with Crippen LogP contribution in [0.15, 0.2) is 87.4 Å². The fraction of sp³-hybridized carbons (Fsp3) is 0.0278. The Hall–Kier alpha value is -5.69. The van der Waals surface area contributed by atoms with Crippen molar-refractivity contribution in [2.75, 3.05) is 10.2 Å². The van der Waals surface area contributed by atoms with Crippen molar-refractivity contribution in [3.63, 3.8) is 0 Å². The average molecular weight is 731 g/mol. The van der Waals surface area contributed by atoms with Crippen LogP contribution in [0.2, 0.25) is 0 Å². The molecule has 0 saturated carbocycles. The zero-order valence-corrected chi connectivity index (χ0v) is 27.5. The van der Waals surface area contributed by atoms with Crippen LogP contribution in [0.4, 0.5) is 11.4 Å². The molecular weight excluding hydrogens is 713 g/mol. The normalized spacial score (nSPS) is 15.4. The highest BCUT2D eigenvalue weighted by Crippen LogP contribution is 2.55. The van der Waals surface area contributed by atoms with Gasteiger partial charge in [0.05, 0.1) is 51.9 Å². The maximum Gasteiger partial charge on any atom is 0.264 e. The van der Waals surface area contributed by atoms with Gasteiger partial charge in [0.25, 0.3) is 11.5 Å². The van der Waals surface area contributed by atoms with E-state index < -0.39 is 11.7 Å². The van der Waals surface area contributed by atoms with Gasteiger partial charge in [-0.25, -0.2) is 15.5 Å². The predicted molar refractivity (Wildman–Crippen MR) is 193 cm³/mol. The highest BCUT2D eigenvalue weighted by atomic mass is 32.2. The van der Waals surface area contributed by atoms with Gasteiger partial charge in [-0.15, -0.1) is 8.67 Å². The Morgan fingerprint density at radius 2 is 1.37 bits per heavy atom. The third kappa shape index (κ3) is 3.68. The highest BCUT2D eigenvalue weighted by molar-refractivity contribution is 7.94. The number of fused-ring (bicyclic) bond motifs is 10. The Morgan fingerprint density at radius 3 is 2.13 bits per heavy atom. The van der Waals surface area contributed by atoms with Crippen molar-refractivity contribution in [1.82, 2.24) is 9.38 Å². The number of imidazole rings is 1. The van der Waals surface area contributed by atoms with E-state index in [1.54, 1.807) is 59.5 Å². The first kappa shape index (κ1) is 30.0. The summed E-state index contributed by atoms with van der Waals surface area (Å²) in [6, 6.07) is 20.7. The number of carbonyl (C=O) groups excluding carboxylic acids is 1. The summed E-state index contributed by atoms with van der Waals surface area (Å²) in [6.45, 7) is 0. The smallest absolute Gasteiger partial charge is 0.264 e. The lowest BCUT2D eigenvalue weighted by Crippen LogP contribution is -2.37. The number of hydrogen-bond acceptors (Lipinski definition) is 14. The van der Waals surface area contributed by atoms with Crippen LogP contribution in [0.5, 0.6) is 11.5 Å². The average Bonchev–Trinajstić information content (AvgIpc) is 3.73. The van der Waals surface area contributed by atoms with Crippen molar-refractivity contribution >= 4 is 112 Å². The van der Waals surface area contributed by atoms with Crippen LogP contribution in [-0.4, -0.2) is 36.0 Å². The number of phenols is 2. The Kier molecular flexibility index (Phi) is 6.02. The molecule has 0 radical (unpaired) electrons. The predicted octanol–water partition coefficient (Wildman–Crippen LogP) is 7.84. The van der Waals surface area contributed by atoms with Gasteiger partial charge in [0.1, 0.15) is 23.3 Å². The van der Waals surface area contributed by atoms with Gasteiger partial charge < -0.3 is 15.5 Å². The van der Waals surface area contributed by atoms with Gasteiger partial charge in [-0.05, 0) is 71.4 Å². The van der Waals surface area contributed by atoms with Crippen LogP contribution in [0, 0.1) is 0 Å². The maximum atomic E-state index is 14.3. The summed E-state index contributed by atoms with van der Waals surface area (Å²) in [5.41, 5.74) is 3.40. The summed E-state index contributed by atoms with van der Waals surface area (Å²) in [7, 11) is 0. The van der Waals surface area contributed by atoms with Crippen LogP contribution in [0.1, 0.15) is 22.1 Å². The molecule has 16 heteroatoms. The fourth-order valence-electron chi connectivity index (χ4n) is 8.38. The second-order valence-corrected chi connectivity index (χ2v) is 14.1. The van der Waals surface area contributed by atoms with Crippen molar-refractivity contribution in [2.24, 2.45) is 0 Å². The van der Waals surface area contributed by atoms with E-state index in [9.17, 15) is 19.8 Å². The number of pyridine rings is 1. The molecule has 1 amide bonds. The van der Waals surface area contributed by atoms with Crippen molar-refractivity contribution in [3.8, 4) is 11.5 Å². The molecule has 2 aromatic heterocycles. The number of rotatable bonds is 6. The molecule has 254 valence electrons. The highest BCUT2D eigenvalue weighted by Gasteiger charge is 2.42. The Labute approximate surface area is 296 Å². The molecule has 0 bridgehead atoms. The van der Waals surface area contributed by atoms with E-state index in [1.807, 2.05) is 12.1 Å². The van der Waals surface area contributed by atoms with E-state index in [4.69, 9.17) is 15.5 Å². The van der Waals surface area contributed by atoms with Gasteiger partial charge in [-0.1, -0.05) is 22.2 Å². The zero-order valence-electron chi connectivity index (χ0n) is 25.9. The van der Waals surface area contributed by atoms with Crippen LogP contribution >= 0.6 is 24.1 Å². The lowest BCUT2D eigenvalue weighted by molar-refractivity contribution is -0.432. The lowest BCUT2D eigenvalue weighted by atomic mass is 9.82. The number of nitrogens with one attached hydrogen (secondary N) is 1. The number of benzene rings is 7. The molecule has 9 aromatic rings. The summed E-state index contributed by atoms with van der Waals surface area (Å²) in [5.74, 6) is -0.431. The molecule has 1 atom stereocenters. The molecule has 0 aliphatic carbocycles. The summed E-state index contributed by atoms with van der Waals surface area (Å²) in [5, 5.41) is 57.4. The molecule has 0 saturated heterocycles. The monoisotopic (exact) mass is 730 g/mol. The number of aromatic nitrogens is 2. The molecule has 52 heavy (non-hydrogen) atoms. The van der Waals surface area contributed by atoms with Crippen LogP contribution in [0.25, 0.3) is 70.5 Å². The van der Waals surface area contributed by atoms with Crippen molar-refractivity contribution in [1.29, 1.82) is 0 Å². The van der Waals surface area contributed by atoms with Gasteiger partial charge in [0.15, 0.2) is 0 Å². The Bertz CT molecular complexity index is 3140. The molecule has 0 spiro atoms. The first-order valence-corrected chi connectivity index (χ1v) is 17.1. The van der Waals surface area contributed by atoms with Crippen LogP contribution in [-0.2, 0) is 18.7 Å². The van der Waals surface area contributed by atoms with Gasteiger partial charge >= 0.3 is 0 Å². The third-order valence-corrected chi connectivity index (χ3v) is 11.4. The molecule has 14 nitrogen and oxygen atoms in total. The lowest BCUT2D eigenvalue weighted by Gasteiger charge is -2.33. The van der Waals surface area contributed by atoms with Gasteiger partial charge in [-0.2, -0.15) is 0 Å². The van der Waals surface area contributed by atoms with Gasteiger partial charge in [-0.3, -0.25) is 18.9 Å². The Morgan fingerprint density at radius 1 is 0.692 bits per heavy atom. The molecule has 7 aromatic carbocycles. The summed E-state index contributed by atoms with van der Waals surface area (Å²) >= 11 is 1.54. The fourth-order valence-corrected chi connectivity index (χ4v) is 9.16. The first-order chi connectivity index (χ1) is 25.4. The largest absolute Gasteiger partial charge is 0.507 e. The quantitative estimate of drug-likeness (QED) is 0.0366. The molecule has 4 heterocycles. The second kappa shape index (κ2) is 10.4.